The average Bonchev–Trinajstić information content (AvgIpc) is 2.95. The van der Waals surface area contributed by atoms with Crippen LogP contribution in [0.5, 0.6) is 0 Å². The summed E-state index contributed by atoms with van der Waals surface area (Å²) in [4.78, 5) is 28.3. The second-order valence-corrected chi connectivity index (χ2v) is 6.82. The molecule has 0 saturated carbocycles. The highest BCUT2D eigenvalue weighted by Crippen LogP contribution is 2.36. The molecule has 1 aliphatic carbocycles. The number of ketones is 1. The molecular weight excluding hydrogens is 338 g/mol. The van der Waals surface area contributed by atoms with Gasteiger partial charge in [0.15, 0.2) is 5.78 Å². The average molecular weight is 360 g/mol. The summed E-state index contributed by atoms with van der Waals surface area (Å²) < 4.78 is 5.16. The van der Waals surface area contributed by atoms with Crippen LogP contribution < -0.4 is 0 Å². The highest BCUT2D eigenvalue weighted by atomic mass is 35.5. The highest BCUT2D eigenvalue weighted by Gasteiger charge is 2.33. The molecule has 5 heteroatoms. The highest BCUT2D eigenvalue weighted by molar-refractivity contribution is 6.30. The zero-order valence-corrected chi connectivity index (χ0v) is 15.3. The van der Waals surface area contributed by atoms with Crippen LogP contribution in [0.3, 0.4) is 0 Å². The van der Waals surface area contributed by atoms with E-state index in [1.807, 2.05) is 31.2 Å². The lowest BCUT2D eigenvalue weighted by Crippen LogP contribution is -2.19. The molecule has 0 fully saturated rings. The van der Waals surface area contributed by atoms with Gasteiger partial charge in [-0.25, -0.2) is 4.79 Å². The zero-order valence-electron chi connectivity index (χ0n) is 14.5. The number of aromatic nitrogens is 1. The van der Waals surface area contributed by atoms with Crippen molar-refractivity contribution >= 4 is 23.4 Å². The van der Waals surface area contributed by atoms with E-state index in [0.717, 1.165) is 23.2 Å². The predicted octanol–water partition coefficient (Wildman–Crippen LogP) is 4.71. The van der Waals surface area contributed by atoms with Crippen LogP contribution in [0.4, 0.5) is 0 Å². The number of Topliss-reactive ketones (excluding diaryl/α,β-unsaturated/α-hetero) is 1. The standard InChI is InChI=1S/C20H22ClNO3/c1-3-5-15-18-16(22-19(15)20(24)25-4-2)10-13(11-17(18)23)12-6-8-14(21)9-7-12/h6-9,13,22H,3-5,10-11H2,1-2H3/t13-/m1/s1. The number of ether oxygens (including phenoxy) is 1. The van der Waals surface area contributed by atoms with Crippen LogP contribution in [-0.2, 0) is 17.6 Å². The fourth-order valence-electron chi connectivity index (χ4n) is 3.58. The van der Waals surface area contributed by atoms with Crippen LogP contribution >= 0.6 is 11.6 Å². The first-order chi connectivity index (χ1) is 12.0. The molecule has 0 amide bonds. The molecule has 2 aromatic rings. The quantitative estimate of drug-likeness (QED) is 0.786. The number of hydrogen-bond acceptors (Lipinski definition) is 3. The predicted molar refractivity (Wildman–Crippen MR) is 97.6 cm³/mol. The van der Waals surface area contributed by atoms with E-state index in [9.17, 15) is 9.59 Å². The molecule has 1 heterocycles. The van der Waals surface area contributed by atoms with E-state index in [1.165, 1.54) is 0 Å². The number of nitrogens with one attached hydrogen (secondary N) is 1. The van der Waals surface area contributed by atoms with E-state index >= 15 is 0 Å². The number of esters is 1. The van der Waals surface area contributed by atoms with Crippen molar-refractivity contribution in [2.24, 2.45) is 0 Å². The van der Waals surface area contributed by atoms with Gasteiger partial charge in [0.05, 0.1) is 6.61 Å². The summed E-state index contributed by atoms with van der Waals surface area (Å²) in [5, 5.41) is 0.682. The Morgan fingerprint density at radius 3 is 2.60 bits per heavy atom. The summed E-state index contributed by atoms with van der Waals surface area (Å²) in [5.41, 5.74) is 3.90. The zero-order chi connectivity index (χ0) is 18.0. The molecule has 4 nitrogen and oxygen atoms in total. The maximum Gasteiger partial charge on any atom is 0.355 e. The topological polar surface area (TPSA) is 59.2 Å². The van der Waals surface area contributed by atoms with Crippen molar-refractivity contribution < 1.29 is 14.3 Å². The van der Waals surface area contributed by atoms with E-state index in [4.69, 9.17) is 16.3 Å². The van der Waals surface area contributed by atoms with Gasteiger partial charge in [0.25, 0.3) is 0 Å². The fraction of sp³-hybridized carbons (Fsp3) is 0.400. The lowest BCUT2D eigenvalue weighted by atomic mass is 9.81. The Morgan fingerprint density at radius 1 is 1.24 bits per heavy atom. The summed E-state index contributed by atoms with van der Waals surface area (Å²) in [6.45, 7) is 4.13. The maximum atomic E-state index is 12.8. The van der Waals surface area contributed by atoms with Crippen molar-refractivity contribution in [3.05, 3.63) is 57.4 Å². The van der Waals surface area contributed by atoms with Crippen LogP contribution in [0.1, 0.15) is 70.3 Å². The first kappa shape index (κ1) is 17.7. The van der Waals surface area contributed by atoms with Crippen molar-refractivity contribution in [2.45, 2.75) is 45.4 Å². The first-order valence-corrected chi connectivity index (χ1v) is 9.12. The number of fused-ring (bicyclic) bond motifs is 1. The number of carbonyl (C=O) groups is 2. The third-order valence-corrected chi connectivity index (χ3v) is 4.92. The fourth-order valence-corrected chi connectivity index (χ4v) is 3.70. The molecule has 132 valence electrons. The minimum Gasteiger partial charge on any atom is -0.461 e. The maximum absolute atomic E-state index is 12.8. The van der Waals surface area contributed by atoms with Crippen LogP contribution in [0.25, 0.3) is 0 Å². The van der Waals surface area contributed by atoms with Gasteiger partial charge in [0.2, 0.25) is 0 Å². The second-order valence-electron chi connectivity index (χ2n) is 6.38. The summed E-state index contributed by atoms with van der Waals surface area (Å²) in [6.07, 6.45) is 2.71. The Labute approximate surface area is 152 Å². The van der Waals surface area contributed by atoms with Crippen molar-refractivity contribution in [2.75, 3.05) is 6.61 Å². The van der Waals surface area contributed by atoms with Crippen molar-refractivity contribution in [3.8, 4) is 0 Å². The van der Waals surface area contributed by atoms with Gasteiger partial charge in [0.1, 0.15) is 5.69 Å². The van der Waals surface area contributed by atoms with Crippen LogP contribution in [0.15, 0.2) is 24.3 Å². The van der Waals surface area contributed by atoms with Crippen molar-refractivity contribution in [1.29, 1.82) is 0 Å². The monoisotopic (exact) mass is 359 g/mol. The molecule has 0 radical (unpaired) electrons. The number of aromatic amines is 1. The van der Waals surface area contributed by atoms with Gasteiger partial charge in [-0.3, -0.25) is 4.79 Å². The molecule has 1 aromatic heterocycles. The lowest BCUT2D eigenvalue weighted by molar-refractivity contribution is 0.0518. The summed E-state index contributed by atoms with van der Waals surface area (Å²) in [6, 6.07) is 7.62. The number of benzene rings is 1. The molecular formula is C20H22ClNO3. The number of carbonyl (C=O) groups excluding carboxylic acids is 2. The van der Waals surface area contributed by atoms with Gasteiger partial charge in [0, 0.05) is 22.7 Å². The summed E-state index contributed by atoms with van der Waals surface area (Å²) in [5.74, 6) is -0.187. The van der Waals surface area contributed by atoms with E-state index in [1.54, 1.807) is 6.92 Å². The molecule has 0 bridgehead atoms. The van der Waals surface area contributed by atoms with Gasteiger partial charge in [-0.15, -0.1) is 0 Å². The molecule has 1 N–H and O–H groups in total. The Hall–Kier alpha value is -2.07. The van der Waals surface area contributed by atoms with E-state index in [0.29, 0.717) is 42.1 Å². The number of H-pyrrole nitrogens is 1. The Morgan fingerprint density at radius 2 is 1.96 bits per heavy atom. The number of rotatable bonds is 5. The summed E-state index contributed by atoms with van der Waals surface area (Å²) in [7, 11) is 0. The molecule has 1 aliphatic rings. The van der Waals surface area contributed by atoms with Crippen molar-refractivity contribution in [1.82, 2.24) is 4.98 Å². The van der Waals surface area contributed by atoms with E-state index in [-0.39, 0.29) is 17.7 Å². The molecule has 0 saturated heterocycles. The summed E-state index contributed by atoms with van der Waals surface area (Å²) >= 11 is 5.96. The third kappa shape index (κ3) is 3.49. The molecule has 1 atom stereocenters. The largest absolute Gasteiger partial charge is 0.461 e. The lowest BCUT2D eigenvalue weighted by Gasteiger charge is -2.22. The van der Waals surface area contributed by atoms with E-state index < -0.39 is 0 Å². The molecule has 1 aromatic carbocycles. The number of hydrogen-bond donors (Lipinski definition) is 1. The normalized spacial score (nSPS) is 16.6. The van der Waals surface area contributed by atoms with Gasteiger partial charge in [-0.1, -0.05) is 37.1 Å². The van der Waals surface area contributed by atoms with Crippen LogP contribution in [0.2, 0.25) is 5.02 Å². The molecule has 0 unspecified atom stereocenters. The van der Waals surface area contributed by atoms with Gasteiger partial charge >= 0.3 is 5.97 Å². The molecule has 3 rings (SSSR count). The third-order valence-electron chi connectivity index (χ3n) is 4.66. The SMILES string of the molecule is CCCc1c(C(=O)OCC)[nH]c2c1C(=O)C[C@H](c1ccc(Cl)cc1)C2. The molecule has 25 heavy (non-hydrogen) atoms. The van der Waals surface area contributed by atoms with Gasteiger partial charge in [-0.05, 0) is 48.9 Å². The minimum atomic E-state index is -0.379. The Bertz CT molecular complexity index is 792. The Kier molecular flexibility index (Phi) is 5.28. The molecule has 0 aliphatic heterocycles. The second kappa shape index (κ2) is 7.44. The van der Waals surface area contributed by atoms with Crippen molar-refractivity contribution in [3.63, 3.8) is 0 Å². The number of halogens is 1. The van der Waals surface area contributed by atoms with E-state index in [2.05, 4.69) is 4.98 Å². The smallest absolute Gasteiger partial charge is 0.355 e. The first-order valence-electron chi connectivity index (χ1n) is 8.74. The van der Waals surface area contributed by atoms with Crippen LogP contribution in [0, 0.1) is 0 Å². The van der Waals surface area contributed by atoms with Gasteiger partial charge in [-0.2, -0.15) is 0 Å². The minimum absolute atomic E-state index is 0.0939. The molecule has 0 spiro atoms. The van der Waals surface area contributed by atoms with Gasteiger partial charge < -0.3 is 9.72 Å². The Balaban J connectivity index is 1.98. The van der Waals surface area contributed by atoms with Crippen LogP contribution in [-0.4, -0.2) is 23.3 Å².